The molecule has 0 aliphatic heterocycles. The second-order valence-corrected chi connectivity index (χ2v) is 5.83. The highest BCUT2D eigenvalue weighted by Crippen LogP contribution is 2.34. The predicted octanol–water partition coefficient (Wildman–Crippen LogP) is 3.46. The highest BCUT2D eigenvalue weighted by atomic mass is 79.9. The maximum absolute atomic E-state index is 12.1. The summed E-state index contributed by atoms with van der Waals surface area (Å²) in [5.74, 6) is 0.615. The van der Waals surface area contributed by atoms with Gasteiger partial charge in [0, 0.05) is 10.5 Å². The fourth-order valence-corrected chi connectivity index (χ4v) is 2.39. The Morgan fingerprint density at radius 1 is 1.56 bits per heavy atom. The summed E-state index contributed by atoms with van der Waals surface area (Å²) in [5, 5.41) is 12.8. The predicted molar refractivity (Wildman–Crippen MR) is 74.7 cm³/mol. The molecule has 98 valence electrons. The molecule has 0 aromatic heterocycles. The number of benzene rings is 1. The number of hydrogen-bond donors (Lipinski definition) is 2. The van der Waals surface area contributed by atoms with Gasteiger partial charge >= 0.3 is 0 Å². The zero-order valence-electron chi connectivity index (χ0n) is 10.4. The molecule has 0 bridgehead atoms. The Hall–Kier alpha value is -1.03. The van der Waals surface area contributed by atoms with Crippen LogP contribution in [0.2, 0.25) is 0 Å². The maximum Gasteiger partial charge on any atom is 0.255 e. The first kappa shape index (κ1) is 13.4. The number of carbonyl (C=O) groups excluding carboxylic acids is 1. The summed E-state index contributed by atoms with van der Waals surface area (Å²) in [7, 11) is 0. The average Bonchev–Trinajstić information content (AvgIpc) is 3.11. The summed E-state index contributed by atoms with van der Waals surface area (Å²) in [6, 6.07) is 5.15. The number of hydrogen-bond acceptors (Lipinski definition) is 2. The van der Waals surface area contributed by atoms with Crippen LogP contribution in [0.5, 0.6) is 5.75 Å². The third-order valence-electron chi connectivity index (χ3n) is 3.35. The fourth-order valence-electron chi connectivity index (χ4n) is 2.04. The lowest BCUT2D eigenvalue weighted by Crippen LogP contribution is -2.34. The van der Waals surface area contributed by atoms with Gasteiger partial charge in [0.1, 0.15) is 5.75 Å². The van der Waals surface area contributed by atoms with Crippen molar-refractivity contribution in [1.82, 2.24) is 5.32 Å². The molecule has 4 heteroatoms. The van der Waals surface area contributed by atoms with Crippen molar-refractivity contribution < 1.29 is 9.90 Å². The summed E-state index contributed by atoms with van der Waals surface area (Å²) in [5.41, 5.74) is 0.340. The maximum atomic E-state index is 12.1. The van der Waals surface area contributed by atoms with Gasteiger partial charge in [0.25, 0.3) is 5.91 Å². The van der Waals surface area contributed by atoms with Gasteiger partial charge in [-0.25, -0.2) is 0 Å². The smallest absolute Gasteiger partial charge is 0.255 e. The molecule has 1 aromatic carbocycles. The van der Waals surface area contributed by atoms with Crippen molar-refractivity contribution in [1.29, 1.82) is 0 Å². The van der Waals surface area contributed by atoms with Gasteiger partial charge in [0.2, 0.25) is 0 Å². The molecular weight excluding hydrogens is 294 g/mol. The standard InChI is InChI=1S/C14H18BrNO2/c1-2-11(7-9-3-4-9)16-14(18)12-6-5-10(15)8-13(12)17/h5-6,8-9,11,17H,2-4,7H2,1H3,(H,16,18). The number of aromatic hydroxyl groups is 1. The minimum atomic E-state index is -0.187. The molecule has 1 saturated carbocycles. The van der Waals surface area contributed by atoms with E-state index in [9.17, 15) is 9.90 Å². The molecule has 0 radical (unpaired) electrons. The van der Waals surface area contributed by atoms with Gasteiger partial charge in [-0.2, -0.15) is 0 Å². The van der Waals surface area contributed by atoms with Crippen molar-refractivity contribution in [2.45, 2.75) is 38.6 Å². The Kier molecular flexibility index (Phi) is 4.27. The van der Waals surface area contributed by atoms with E-state index in [0.29, 0.717) is 5.56 Å². The molecule has 1 atom stereocenters. The summed E-state index contributed by atoms with van der Waals surface area (Å²) in [4.78, 5) is 12.1. The first-order chi connectivity index (χ1) is 8.60. The SMILES string of the molecule is CCC(CC1CC1)NC(=O)c1ccc(Br)cc1O. The van der Waals surface area contributed by atoms with Crippen LogP contribution in [0.25, 0.3) is 0 Å². The lowest BCUT2D eigenvalue weighted by Gasteiger charge is -2.17. The quantitative estimate of drug-likeness (QED) is 0.875. The van der Waals surface area contributed by atoms with Crippen LogP contribution < -0.4 is 5.32 Å². The first-order valence-electron chi connectivity index (χ1n) is 6.39. The lowest BCUT2D eigenvalue weighted by atomic mass is 10.1. The van der Waals surface area contributed by atoms with Crippen LogP contribution in [-0.2, 0) is 0 Å². The molecule has 1 aliphatic rings. The van der Waals surface area contributed by atoms with Gasteiger partial charge < -0.3 is 10.4 Å². The van der Waals surface area contributed by atoms with E-state index in [0.717, 1.165) is 23.2 Å². The van der Waals surface area contributed by atoms with E-state index in [1.807, 2.05) is 0 Å². The van der Waals surface area contributed by atoms with Crippen molar-refractivity contribution in [2.75, 3.05) is 0 Å². The number of nitrogens with one attached hydrogen (secondary N) is 1. The van der Waals surface area contributed by atoms with Crippen molar-refractivity contribution in [3.63, 3.8) is 0 Å². The second-order valence-electron chi connectivity index (χ2n) is 4.92. The number of amides is 1. The van der Waals surface area contributed by atoms with Gasteiger partial charge in [-0.1, -0.05) is 35.7 Å². The van der Waals surface area contributed by atoms with Crippen molar-refractivity contribution in [3.05, 3.63) is 28.2 Å². The molecule has 2 N–H and O–H groups in total. The van der Waals surface area contributed by atoms with Crippen LogP contribution in [0.1, 0.15) is 43.0 Å². The molecule has 1 aromatic rings. The number of phenolic OH excluding ortho intramolecular Hbond substituents is 1. The van der Waals surface area contributed by atoms with E-state index in [4.69, 9.17) is 0 Å². The van der Waals surface area contributed by atoms with Gasteiger partial charge in [-0.05, 0) is 37.0 Å². The van der Waals surface area contributed by atoms with Crippen molar-refractivity contribution >= 4 is 21.8 Å². The molecule has 0 saturated heterocycles. The summed E-state index contributed by atoms with van der Waals surface area (Å²) < 4.78 is 0.765. The van der Waals surface area contributed by atoms with Crippen LogP contribution in [-0.4, -0.2) is 17.1 Å². The summed E-state index contributed by atoms with van der Waals surface area (Å²) in [6.07, 6.45) is 4.56. The zero-order valence-corrected chi connectivity index (χ0v) is 12.0. The van der Waals surface area contributed by atoms with E-state index in [1.54, 1.807) is 12.1 Å². The third kappa shape index (κ3) is 3.48. The highest BCUT2D eigenvalue weighted by molar-refractivity contribution is 9.10. The van der Waals surface area contributed by atoms with Crippen LogP contribution in [0.3, 0.4) is 0 Å². The molecule has 1 fully saturated rings. The van der Waals surface area contributed by atoms with Gasteiger partial charge in [-0.15, -0.1) is 0 Å². The molecule has 0 spiro atoms. The zero-order chi connectivity index (χ0) is 13.1. The summed E-state index contributed by atoms with van der Waals surface area (Å²) >= 11 is 3.26. The monoisotopic (exact) mass is 311 g/mol. The van der Waals surface area contributed by atoms with Gasteiger partial charge in [-0.3, -0.25) is 4.79 Å². The summed E-state index contributed by atoms with van der Waals surface area (Å²) in [6.45, 7) is 2.08. The topological polar surface area (TPSA) is 49.3 Å². The lowest BCUT2D eigenvalue weighted by molar-refractivity contribution is 0.0930. The fraction of sp³-hybridized carbons (Fsp3) is 0.500. The molecule has 18 heavy (non-hydrogen) atoms. The molecule has 1 aliphatic carbocycles. The number of halogens is 1. The minimum Gasteiger partial charge on any atom is -0.507 e. The third-order valence-corrected chi connectivity index (χ3v) is 3.84. The second kappa shape index (κ2) is 5.74. The van der Waals surface area contributed by atoms with Crippen LogP contribution in [0.4, 0.5) is 0 Å². The van der Waals surface area contributed by atoms with E-state index >= 15 is 0 Å². The largest absolute Gasteiger partial charge is 0.507 e. The first-order valence-corrected chi connectivity index (χ1v) is 7.18. The molecule has 0 heterocycles. The van der Waals surface area contributed by atoms with Crippen LogP contribution in [0.15, 0.2) is 22.7 Å². The Morgan fingerprint density at radius 2 is 2.28 bits per heavy atom. The van der Waals surface area contributed by atoms with Crippen LogP contribution in [0, 0.1) is 5.92 Å². The highest BCUT2D eigenvalue weighted by Gasteiger charge is 2.26. The van der Waals surface area contributed by atoms with Gasteiger partial charge in [0.15, 0.2) is 0 Å². The molecule has 2 rings (SSSR count). The normalized spacial score (nSPS) is 16.3. The Balaban J connectivity index is 2.00. The van der Waals surface area contributed by atoms with E-state index < -0.39 is 0 Å². The Morgan fingerprint density at radius 3 is 2.83 bits per heavy atom. The average molecular weight is 312 g/mol. The van der Waals surface area contributed by atoms with Gasteiger partial charge in [0.05, 0.1) is 5.56 Å². The molecule has 3 nitrogen and oxygen atoms in total. The van der Waals surface area contributed by atoms with Crippen LogP contribution >= 0.6 is 15.9 Å². The van der Waals surface area contributed by atoms with E-state index in [2.05, 4.69) is 28.2 Å². The Labute approximate surface area is 116 Å². The number of carbonyl (C=O) groups is 1. The molecular formula is C14H18BrNO2. The molecule has 1 amide bonds. The van der Waals surface area contributed by atoms with E-state index in [-0.39, 0.29) is 17.7 Å². The minimum absolute atomic E-state index is 0.0168. The van der Waals surface area contributed by atoms with E-state index in [1.165, 1.54) is 18.9 Å². The number of phenols is 1. The Bertz CT molecular complexity index is 443. The van der Waals surface area contributed by atoms with Crippen molar-refractivity contribution in [3.8, 4) is 5.75 Å². The number of rotatable bonds is 5. The van der Waals surface area contributed by atoms with Crippen molar-refractivity contribution in [2.24, 2.45) is 5.92 Å². The molecule has 1 unspecified atom stereocenters.